The average Bonchev–Trinajstić information content (AvgIpc) is 2.62. The molecule has 0 aliphatic carbocycles. The van der Waals surface area contributed by atoms with Crippen molar-refractivity contribution < 1.29 is 14.7 Å². The second-order valence-corrected chi connectivity index (χ2v) is 5.51. The first kappa shape index (κ1) is 14.2. The van der Waals surface area contributed by atoms with E-state index >= 15 is 0 Å². The number of carbonyl (C=O) groups is 2. The van der Waals surface area contributed by atoms with Crippen molar-refractivity contribution in [3.63, 3.8) is 0 Å². The molecule has 2 amide bonds. The van der Waals surface area contributed by atoms with Gasteiger partial charge in [0.2, 0.25) is 0 Å². The molecule has 1 aliphatic heterocycles. The molecule has 0 bridgehead atoms. The maximum atomic E-state index is 12.0. The molecule has 0 aromatic heterocycles. The molecule has 0 unspecified atom stereocenters. The number of benzene rings is 1. The zero-order valence-electron chi connectivity index (χ0n) is 9.69. The molecular formula is C12H10Br2N2O3. The fourth-order valence-electron chi connectivity index (χ4n) is 1.66. The number of aliphatic hydroxyl groups excluding tert-OH is 1. The van der Waals surface area contributed by atoms with Crippen molar-refractivity contribution in [2.24, 2.45) is 0 Å². The number of β-amino-alcohol motifs (C(OH)–C–C–N with tert-alkyl or cyclic N) is 1. The summed E-state index contributed by atoms with van der Waals surface area (Å²) in [5.74, 6) is -0.869. The largest absolute Gasteiger partial charge is 0.395 e. The molecule has 0 spiro atoms. The standard InChI is InChI=1S/C12H10Br2N2O3/c13-7-2-1-3-8(14)11(7)15-9-6-10(18)16(4-5-17)12(9)19/h1-3,6,15,17H,4-5H2. The summed E-state index contributed by atoms with van der Waals surface area (Å²) in [6, 6.07) is 5.48. The molecule has 100 valence electrons. The summed E-state index contributed by atoms with van der Waals surface area (Å²) in [6.07, 6.45) is 1.23. The number of rotatable bonds is 4. The van der Waals surface area contributed by atoms with E-state index in [1.165, 1.54) is 6.08 Å². The summed E-state index contributed by atoms with van der Waals surface area (Å²) in [6.45, 7) is -0.256. The van der Waals surface area contributed by atoms with Gasteiger partial charge in [0.1, 0.15) is 5.70 Å². The number of amides is 2. The van der Waals surface area contributed by atoms with Gasteiger partial charge in [-0.25, -0.2) is 0 Å². The number of halogens is 2. The number of imide groups is 1. The molecule has 5 nitrogen and oxygen atoms in total. The Kier molecular flexibility index (Phi) is 4.38. The number of hydrogen-bond donors (Lipinski definition) is 2. The van der Waals surface area contributed by atoms with Crippen molar-refractivity contribution >= 4 is 49.4 Å². The molecule has 0 radical (unpaired) electrons. The van der Waals surface area contributed by atoms with Crippen molar-refractivity contribution in [2.75, 3.05) is 18.5 Å². The molecule has 19 heavy (non-hydrogen) atoms. The Balaban J connectivity index is 2.23. The van der Waals surface area contributed by atoms with Crippen LogP contribution in [-0.2, 0) is 9.59 Å². The third-order valence-corrected chi connectivity index (χ3v) is 3.88. The van der Waals surface area contributed by atoms with Crippen LogP contribution in [0.15, 0.2) is 38.9 Å². The van der Waals surface area contributed by atoms with Crippen molar-refractivity contribution in [3.05, 3.63) is 38.9 Å². The first-order valence-corrected chi connectivity index (χ1v) is 7.02. The van der Waals surface area contributed by atoms with Crippen LogP contribution in [0.4, 0.5) is 5.69 Å². The van der Waals surface area contributed by atoms with Crippen molar-refractivity contribution in [1.29, 1.82) is 0 Å². The number of anilines is 1. The molecule has 1 aliphatic rings. The zero-order chi connectivity index (χ0) is 14.0. The molecular weight excluding hydrogens is 380 g/mol. The maximum Gasteiger partial charge on any atom is 0.277 e. The first-order chi connectivity index (χ1) is 9.04. The highest BCUT2D eigenvalue weighted by atomic mass is 79.9. The van der Waals surface area contributed by atoms with E-state index in [-0.39, 0.29) is 18.8 Å². The van der Waals surface area contributed by atoms with Crippen LogP contribution in [-0.4, -0.2) is 35.0 Å². The van der Waals surface area contributed by atoms with Gasteiger partial charge in [0, 0.05) is 15.0 Å². The minimum Gasteiger partial charge on any atom is -0.395 e. The smallest absolute Gasteiger partial charge is 0.277 e. The number of hydrogen-bond acceptors (Lipinski definition) is 4. The Morgan fingerprint density at radius 3 is 2.42 bits per heavy atom. The van der Waals surface area contributed by atoms with Crippen LogP contribution in [0, 0.1) is 0 Å². The van der Waals surface area contributed by atoms with E-state index in [1.54, 1.807) is 0 Å². The lowest BCUT2D eigenvalue weighted by Gasteiger charge is -2.14. The van der Waals surface area contributed by atoms with Crippen molar-refractivity contribution in [1.82, 2.24) is 4.90 Å². The Labute approximate surface area is 126 Å². The number of para-hydroxylation sites is 1. The number of aliphatic hydroxyl groups is 1. The van der Waals surface area contributed by atoms with E-state index in [1.807, 2.05) is 18.2 Å². The summed E-state index contributed by atoms with van der Waals surface area (Å²) >= 11 is 6.73. The van der Waals surface area contributed by atoms with Crippen molar-refractivity contribution in [2.45, 2.75) is 0 Å². The van der Waals surface area contributed by atoms with E-state index in [4.69, 9.17) is 5.11 Å². The van der Waals surface area contributed by atoms with E-state index in [2.05, 4.69) is 37.2 Å². The third-order valence-electron chi connectivity index (χ3n) is 2.56. The monoisotopic (exact) mass is 388 g/mol. The predicted molar refractivity (Wildman–Crippen MR) is 77.4 cm³/mol. The van der Waals surface area contributed by atoms with E-state index in [0.717, 1.165) is 13.8 Å². The molecule has 2 rings (SSSR count). The summed E-state index contributed by atoms with van der Waals surface area (Å²) in [4.78, 5) is 24.6. The highest BCUT2D eigenvalue weighted by Crippen LogP contribution is 2.32. The quantitative estimate of drug-likeness (QED) is 0.771. The highest BCUT2D eigenvalue weighted by molar-refractivity contribution is 9.11. The average molecular weight is 390 g/mol. The van der Waals surface area contributed by atoms with E-state index in [9.17, 15) is 9.59 Å². The predicted octanol–water partition coefficient (Wildman–Crippen LogP) is 1.87. The van der Waals surface area contributed by atoms with Crippen LogP contribution in [0.5, 0.6) is 0 Å². The number of nitrogens with one attached hydrogen (secondary N) is 1. The van der Waals surface area contributed by atoms with Crippen LogP contribution in [0.2, 0.25) is 0 Å². The van der Waals surface area contributed by atoms with Gasteiger partial charge in [0.15, 0.2) is 0 Å². The molecule has 1 heterocycles. The Morgan fingerprint density at radius 2 is 1.84 bits per heavy atom. The van der Waals surface area contributed by atoms with Gasteiger partial charge < -0.3 is 10.4 Å². The van der Waals surface area contributed by atoms with Crippen LogP contribution < -0.4 is 5.32 Å². The van der Waals surface area contributed by atoms with Gasteiger partial charge in [-0.1, -0.05) is 6.07 Å². The normalized spacial score (nSPS) is 14.9. The lowest BCUT2D eigenvalue weighted by Crippen LogP contribution is -2.34. The second-order valence-electron chi connectivity index (χ2n) is 3.80. The Bertz CT molecular complexity index is 552. The topological polar surface area (TPSA) is 69.6 Å². The van der Waals surface area contributed by atoms with Gasteiger partial charge in [-0.05, 0) is 44.0 Å². The van der Waals surface area contributed by atoms with Crippen LogP contribution in [0.25, 0.3) is 0 Å². The minimum absolute atomic E-state index is 0.00350. The Morgan fingerprint density at radius 1 is 1.21 bits per heavy atom. The van der Waals surface area contributed by atoms with Gasteiger partial charge in [-0.2, -0.15) is 0 Å². The summed E-state index contributed by atoms with van der Waals surface area (Å²) in [5, 5.41) is 11.7. The van der Waals surface area contributed by atoms with Crippen LogP contribution in [0.1, 0.15) is 0 Å². The molecule has 0 fully saturated rings. The highest BCUT2D eigenvalue weighted by Gasteiger charge is 2.31. The van der Waals surface area contributed by atoms with Crippen molar-refractivity contribution in [3.8, 4) is 0 Å². The van der Waals surface area contributed by atoms with Gasteiger partial charge >= 0.3 is 0 Å². The molecule has 1 aromatic rings. The van der Waals surface area contributed by atoms with E-state index in [0.29, 0.717) is 5.69 Å². The fraction of sp³-hybridized carbons (Fsp3) is 0.167. The lowest BCUT2D eigenvalue weighted by atomic mass is 10.3. The molecule has 0 saturated carbocycles. The fourth-order valence-corrected chi connectivity index (χ4v) is 2.86. The minimum atomic E-state index is -0.443. The van der Waals surface area contributed by atoms with Gasteiger partial charge in [-0.3, -0.25) is 14.5 Å². The molecule has 1 aromatic carbocycles. The SMILES string of the molecule is O=C1C=C(Nc2c(Br)cccc2Br)C(=O)N1CCO. The maximum absolute atomic E-state index is 12.0. The number of nitrogens with zero attached hydrogens (tertiary/aromatic N) is 1. The van der Waals surface area contributed by atoms with Crippen LogP contribution >= 0.6 is 31.9 Å². The molecule has 7 heteroatoms. The van der Waals surface area contributed by atoms with E-state index < -0.39 is 11.8 Å². The summed E-state index contributed by atoms with van der Waals surface area (Å²) < 4.78 is 1.53. The van der Waals surface area contributed by atoms with Gasteiger partial charge in [-0.15, -0.1) is 0 Å². The third kappa shape index (κ3) is 2.88. The Hall–Kier alpha value is -1.18. The number of carbonyl (C=O) groups excluding carboxylic acids is 2. The van der Waals surface area contributed by atoms with Gasteiger partial charge in [0.25, 0.3) is 11.8 Å². The lowest BCUT2D eigenvalue weighted by molar-refractivity contribution is -0.137. The molecule has 2 N–H and O–H groups in total. The van der Waals surface area contributed by atoms with Gasteiger partial charge in [0.05, 0.1) is 18.8 Å². The summed E-state index contributed by atoms with van der Waals surface area (Å²) in [5.41, 5.74) is 0.854. The summed E-state index contributed by atoms with van der Waals surface area (Å²) in [7, 11) is 0. The second kappa shape index (κ2) is 5.85. The zero-order valence-corrected chi connectivity index (χ0v) is 12.9. The first-order valence-electron chi connectivity index (χ1n) is 5.44. The molecule has 0 saturated heterocycles. The molecule has 0 atom stereocenters. The van der Waals surface area contributed by atoms with Crippen LogP contribution in [0.3, 0.4) is 0 Å².